The van der Waals surface area contributed by atoms with Crippen molar-refractivity contribution in [3.05, 3.63) is 60.9 Å². The minimum atomic E-state index is 0.827. The normalized spacial score (nSPS) is 8.67. The van der Waals surface area contributed by atoms with E-state index < -0.39 is 0 Å². The maximum atomic E-state index is 3.96. The van der Waals surface area contributed by atoms with Gasteiger partial charge in [-0.2, -0.15) is 0 Å². The number of hydrogen-bond acceptors (Lipinski definition) is 0. The van der Waals surface area contributed by atoms with E-state index in [0.29, 0.717) is 0 Å². The zero-order chi connectivity index (χ0) is 8.81. The summed E-state index contributed by atoms with van der Waals surface area (Å²) in [5.41, 5.74) is 5.02. The summed E-state index contributed by atoms with van der Waals surface area (Å²) >= 11 is 0. The molecular weight excluding hydrogens is 144 g/mol. The van der Waals surface area contributed by atoms with Crippen LogP contribution in [0.1, 0.15) is 12.0 Å². The van der Waals surface area contributed by atoms with E-state index in [9.17, 15) is 0 Å². The molecule has 0 radical (unpaired) electrons. The third-order valence-corrected chi connectivity index (χ3v) is 1.67. The van der Waals surface area contributed by atoms with Crippen LogP contribution in [0, 0.1) is 0 Å². The fourth-order valence-corrected chi connectivity index (χ4v) is 0.987. The van der Waals surface area contributed by atoms with Crippen LogP contribution in [0.4, 0.5) is 0 Å². The largest absolute Gasteiger partial charge is 0.133 e. The molecule has 1 aromatic carbocycles. The van der Waals surface area contributed by atoms with Gasteiger partial charge in [0.2, 0.25) is 0 Å². The highest BCUT2D eigenvalue weighted by atomic mass is 14.0. The summed E-state index contributed by atoms with van der Waals surface area (Å²) in [6.45, 7) is 7.47. The van der Waals surface area contributed by atoms with E-state index in [1.807, 2.05) is 24.3 Å². The summed E-state index contributed by atoms with van der Waals surface area (Å²) in [6.07, 6.45) is 2.71. The zero-order valence-corrected chi connectivity index (χ0v) is 7.09. The van der Waals surface area contributed by atoms with Gasteiger partial charge in [-0.3, -0.25) is 0 Å². The van der Waals surface area contributed by atoms with Gasteiger partial charge in [0, 0.05) is 0 Å². The molecule has 0 saturated heterocycles. The van der Waals surface area contributed by atoms with Crippen LogP contribution in [0.25, 0.3) is 5.57 Å². The van der Waals surface area contributed by atoms with Crippen molar-refractivity contribution >= 4 is 5.57 Å². The molecule has 0 amide bonds. The van der Waals surface area contributed by atoms with E-state index in [4.69, 9.17) is 0 Å². The minimum Gasteiger partial charge on any atom is -0.133 e. The van der Waals surface area contributed by atoms with Crippen LogP contribution in [0.5, 0.6) is 0 Å². The molecule has 0 spiro atoms. The molecule has 60 valence electrons. The Hall–Kier alpha value is -1.52. The van der Waals surface area contributed by atoms with Crippen molar-refractivity contribution in [2.75, 3.05) is 0 Å². The van der Waals surface area contributed by atoms with Crippen LogP contribution >= 0.6 is 0 Å². The van der Waals surface area contributed by atoms with Gasteiger partial charge in [0.15, 0.2) is 0 Å². The Labute approximate surface area is 73.6 Å². The molecule has 0 atom stereocenters. The molecule has 0 unspecified atom stereocenters. The summed E-state index contributed by atoms with van der Waals surface area (Å²) in [6, 6.07) is 10.1. The highest BCUT2D eigenvalue weighted by Gasteiger charge is 1.93. The molecule has 0 fully saturated rings. The van der Waals surface area contributed by atoms with Crippen molar-refractivity contribution in [3.8, 4) is 0 Å². The average molecular weight is 156 g/mol. The lowest BCUT2D eigenvalue weighted by Crippen LogP contribution is -1.78. The number of rotatable bonds is 3. The first-order valence-corrected chi connectivity index (χ1v) is 3.92. The van der Waals surface area contributed by atoms with E-state index in [0.717, 1.165) is 12.0 Å². The van der Waals surface area contributed by atoms with Crippen LogP contribution < -0.4 is 0 Å². The van der Waals surface area contributed by atoms with Gasteiger partial charge in [0.25, 0.3) is 0 Å². The van der Waals surface area contributed by atoms with Crippen LogP contribution in [0.2, 0.25) is 0 Å². The van der Waals surface area contributed by atoms with Crippen LogP contribution in [-0.2, 0) is 0 Å². The first-order chi connectivity index (χ1) is 5.84. The Morgan fingerprint density at radius 3 is 2.58 bits per heavy atom. The standard InChI is InChI=1S/C12H12/c1-3-4-8-11(2)12-9-6-5-7-10-12/h4-7,9-10H,1-2,8H2. The highest BCUT2D eigenvalue weighted by Crippen LogP contribution is 2.14. The number of hydrogen-bond donors (Lipinski definition) is 0. The third kappa shape index (κ3) is 2.26. The minimum absolute atomic E-state index is 0.827. The molecule has 1 rings (SSSR count). The van der Waals surface area contributed by atoms with Crippen molar-refractivity contribution in [3.63, 3.8) is 0 Å². The predicted molar refractivity (Wildman–Crippen MR) is 53.8 cm³/mol. The van der Waals surface area contributed by atoms with Gasteiger partial charge in [0.1, 0.15) is 0 Å². The van der Waals surface area contributed by atoms with Gasteiger partial charge >= 0.3 is 0 Å². The van der Waals surface area contributed by atoms with Crippen molar-refractivity contribution in [1.29, 1.82) is 0 Å². The Morgan fingerprint density at radius 2 is 2.00 bits per heavy atom. The van der Waals surface area contributed by atoms with Gasteiger partial charge in [-0.25, -0.2) is 0 Å². The lowest BCUT2D eigenvalue weighted by Gasteiger charge is -2.00. The van der Waals surface area contributed by atoms with E-state index in [1.165, 1.54) is 5.56 Å². The van der Waals surface area contributed by atoms with E-state index in [2.05, 4.69) is 31.0 Å². The summed E-state index contributed by atoms with van der Waals surface area (Å²) in [5.74, 6) is 0. The van der Waals surface area contributed by atoms with Crippen molar-refractivity contribution in [2.24, 2.45) is 0 Å². The lowest BCUT2D eigenvalue weighted by atomic mass is 10.1. The fourth-order valence-electron chi connectivity index (χ4n) is 0.987. The van der Waals surface area contributed by atoms with Crippen LogP contribution in [0.15, 0.2) is 55.3 Å². The summed E-state index contributed by atoms with van der Waals surface area (Å²) < 4.78 is 0. The summed E-state index contributed by atoms with van der Waals surface area (Å²) in [5, 5.41) is 0. The second-order valence-electron chi connectivity index (χ2n) is 2.58. The van der Waals surface area contributed by atoms with Crippen molar-refractivity contribution < 1.29 is 0 Å². The zero-order valence-electron chi connectivity index (χ0n) is 7.09. The van der Waals surface area contributed by atoms with Crippen molar-refractivity contribution in [2.45, 2.75) is 6.42 Å². The number of allylic oxidation sites excluding steroid dienone is 2. The Bertz CT molecular complexity index is 300. The molecule has 0 aliphatic heterocycles. The third-order valence-electron chi connectivity index (χ3n) is 1.67. The monoisotopic (exact) mass is 156 g/mol. The molecule has 0 nitrogen and oxygen atoms in total. The topological polar surface area (TPSA) is 0 Å². The van der Waals surface area contributed by atoms with Crippen LogP contribution in [0.3, 0.4) is 0 Å². The van der Waals surface area contributed by atoms with Gasteiger partial charge < -0.3 is 0 Å². The average Bonchev–Trinajstić information content (AvgIpc) is 2.15. The molecule has 0 aromatic heterocycles. The van der Waals surface area contributed by atoms with Gasteiger partial charge in [-0.1, -0.05) is 43.5 Å². The van der Waals surface area contributed by atoms with Crippen LogP contribution in [-0.4, -0.2) is 0 Å². The second-order valence-corrected chi connectivity index (χ2v) is 2.58. The first kappa shape index (κ1) is 8.58. The molecule has 0 aliphatic carbocycles. The molecule has 0 heterocycles. The van der Waals surface area contributed by atoms with E-state index in [-0.39, 0.29) is 0 Å². The van der Waals surface area contributed by atoms with Gasteiger partial charge in [-0.05, 0) is 23.6 Å². The lowest BCUT2D eigenvalue weighted by molar-refractivity contribution is 1.41. The second kappa shape index (κ2) is 4.38. The molecule has 0 heteroatoms. The highest BCUT2D eigenvalue weighted by molar-refractivity contribution is 5.64. The van der Waals surface area contributed by atoms with Gasteiger partial charge in [-0.15, -0.1) is 5.73 Å². The molecule has 0 bridgehead atoms. The molecule has 1 aromatic rings. The summed E-state index contributed by atoms with van der Waals surface area (Å²) in [4.78, 5) is 0. The number of benzene rings is 1. The molecule has 0 N–H and O–H groups in total. The SMILES string of the molecule is C=C=CCC(=C)c1ccccc1. The predicted octanol–water partition coefficient (Wildman–Crippen LogP) is 3.43. The molecular formula is C12H12. The fraction of sp³-hybridized carbons (Fsp3) is 0.0833. The Balaban J connectivity index is 2.72. The smallest absolute Gasteiger partial charge is 0.00214 e. The van der Waals surface area contributed by atoms with Crippen molar-refractivity contribution in [1.82, 2.24) is 0 Å². The first-order valence-electron chi connectivity index (χ1n) is 3.92. The summed E-state index contributed by atoms with van der Waals surface area (Å²) in [7, 11) is 0. The molecule has 12 heavy (non-hydrogen) atoms. The Morgan fingerprint density at radius 1 is 1.33 bits per heavy atom. The van der Waals surface area contributed by atoms with E-state index >= 15 is 0 Å². The Kier molecular flexibility index (Phi) is 3.13. The van der Waals surface area contributed by atoms with E-state index in [1.54, 1.807) is 0 Å². The maximum absolute atomic E-state index is 3.96. The maximum Gasteiger partial charge on any atom is -0.00214 e. The van der Waals surface area contributed by atoms with Gasteiger partial charge in [0.05, 0.1) is 0 Å². The quantitative estimate of drug-likeness (QED) is 0.588. The molecule has 0 aliphatic rings. The molecule has 0 saturated carbocycles.